The van der Waals surface area contributed by atoms with Crippen LogP contribution in [0.5, 0.6) is 0 Å². The number of nitrogens with zero attached hydrogens (tertiary/aromatic N) is 4. The Morgan fingerprint density at radius 3 is 2.45 bits per heavy atom. The SMILES string of the molecule is CSc1ccc(C(=O)Nc2ccc(Nc3cc(-n4cccn4)ncn3)cc2)cc1. The molecule has 2 heterocycles. The topological polar surface area (TPSA) is 84.7 Å². The van der Waals surface area contributed by atoms with E-state index in [4.69, 9.17) is 0 Å². The third kappa shape index (κ3) is 4.61. The largest absolute Gasteiger partial charge is 0.340 e. The van der Waals surface area contributed by atoms with Gasteiger partial charge in [0.2, 0.25) is 0 Å². The van der Waals surface area contributed by atoms with Gasteiger partial charge < -0.3 is 10.6 Å². The Kier molecular flexibility index (Phi) is 5.53. The van der Waals surface area contributed by atoms with Gasteiger partial charge in [-0.25, -0.2) is 14.6 Å². The number of rotatable bonds is 6. The van der Waals surface area contributed by atoms with E-state index in [9.17, 15) is 4.79 Å². The monoisotopic (exact) mass is 402 g/mol. The van der Waals surface area contributed by atoms with Gasteiger partial charge in [-0.15, -0.1) is 11.8 Å². The molecule has 2 aromatic heterocycles. The maximum Gasteiger partial charge on any atom is 0.255 e. The molecule has 144 valence electrons. The van der Waals surface area contributed by atoms with Crippen molar-refractivity contribution in [3.8, 4) is 5.82 Å². The molecule has 8 heteroatoms. The zero-order valence-electron chi connectivity index (χ0n) is 15.6. The van der Waals surface area contributed by atoms with Gasteiger partial charge in [-0.05, 0) is 60.9 Å². The molecule has 7 nitrogen and oxygen atoms in total. The number of nitrogens with one attached hydrogen (secondary N) is 2. The molecule has 29 heavy (non-hydrogen) atoms. The lowest BCUT2D eigenvalue weighted by Gasteiger charge is -2.09. The summed E-state index contributed by atoms with van der Waals surface area (Å²) in [5.74, 6) is 1.18. The maximum absolute atomic E-state index is 12.4. The molecular weight excluding hydrogens is 384 g/mol. The highest BCUT2D eigenvalue weighted by Crippen LogP contribution is 2.20. The summed E-state index contributed by atoms with van der Waals surface area (Å²) in [6.07, 6.45) is 7.00. The number of carbonyl (C=O) groups excluding carboxylic acids is 1. The fourth-order valence-electron chi connectivity index (χ4n) is 2.68. The van der Waals surface area contributed by atoms with Crippen LogP contribution < -0.4 is 10.6 Å². The molecule has 0 radical (unpaired) electrons. The normalized spacial score (nSPS) is 10.5. The average molecular weight is 402 g/mol. The molecule has 0 aliphatic rings. The minimum absolute atomic E-state index is 0.141. The van der Waals surface area contributed by atoms with Crippen LogP contribution in [0.3, 0.4) is 0 Å². The van der Waals surface area contributed by atoms with E-state index in [1.54, 1.807) is 28.7 Å². The molecule has 0 unspecified atom stereocenters. The van der Waals surface area contributed by atoms with Gasteiger partial charge in [0.1, 0.15) is 12.1 Å². The molecule has 0 aliphatic heterocycles. The number of amides is 1. The summed E-state index contributed by atoms with van der Waals surface area (Å²) in [7, 11) is 0. The number of aromatic nitrogens is 4. The summed E-state index contributed by atoms with van der Waals surface area (Å²) in [5, 5.41) is 10.3. The minimum atomic E-state index is -0.141. The smallest absolute Gasteiger partial charge is 0.255 e. The molecule has 4 rings (SSSR count). The summed E-state index contributed by atoms with van der Waals surface area (Å²) in [6, 6.07) is 18.6. The molecule has 1 amide bonds. The van der Waals surface area contributed by atoms with E-state index in [1.807, 2.05) is 67.0 Å². The lowest BCUT2D eigenvalue weighted by Crippen LogP contribution is -2.11. The van der Waals surface area contributed by atoms with Crippen molar-refractivity contribution < 1.29 is 4.79 Å². The fraction of sp³-hybridized carbons (Fsp3) is 0.0476. The van der Waals surface area contributed by atoms with Crippen molar-refractivity contribution in [2.75, 3.05) is 16.9 Å². The second-order valence-electron chi connectivity index (χ2n) is 6.10. The van der Waals surface area contributed by atoms with E-state index >= 15 is 0 Å². The molecule has 0 bridgehead atoms. The van der Waals surface area contributed by atoms with Gasteiger partial charge in [-0.2, -0.15) is 5.10 Å². The fourth-order valence-corrected chi connectivity index (χ4v) is 3.08. The van der Waals surface area contributed by atoms with Gasteiger partial charge >= 0.3 is 0 Å². The Morgan fingerprint density at radius 2 is 1.76 bits per heavy atom. The van der Waals surface area contributed by atoms with Crippen LogP contribution in [-0.4, -0.2) is 31.9 Å². The first kappa shape index (κ1) is 18.7. The van der Waals surface area contributed by atoms with E-state index in [0.717, 1.165) is 16.3 Å². The Balaban J connectivity index is 1.41. The van der Waals surface area contributed by atoms with Crippen LogP contribution in [-0.2, 0) is 0 Å². The van der Waals surface area contributed by atoms with Gasteiger partial charge in [0.05, 0.1) is 0 Å². The number of hydrogen-bond donors (Lipinski definition) is 2. The number of hydrogen-bond acceptors (Lipinski definition) is 6. The third-order valence-electron chi connectivity index (χ3n) is 4.16. The van der Waals surface area contributed by atoms with Crippen LogP contribution >= 0.6 is 11.8 Å². The number of carbonyl (C=O) groups is 1. The summed E-state index contributed by atoms with van der Waals surface area (Å²) in [6.45, 7) is 0. The van der Waals surface area contributed by atoms with Crippen LogP contribution in [0.4, 0.5) is 17.2 Å². The van der Waals surface area contributed by atoms with Crippen molar-refractivity contribution in [1.29, 1.82) is 0 Å². The number of thioether (sulfide) groups is 1. The van der Waals surface area contributed by atoms with Crippen molar-refractivity contribution in [3.05, 3.63) is 84.9 Å². The van der Waals surface area contributed by atoms with E-state index in [2.05, 4.69) is 25.7 Å². The molecule has 2 N–H and O–H groups in total. The van der Waals surface area contributed by atoms with Crippen LogP contribution in [0.2, 0.25) is 0 Å². The molecule has 0 fully saturated rings. The second kappa shape index (κ2) is 8.57. The van der Waals surface area contributed by atoms with Gasteiger partial charge in [-0.1, -0.05) is 0 Å². The Hall–Kier alpha value is -3.65. The Labute approximate surface area is 172 Å². The Bertz CT molecular complexity index is 1090. The van der Waals surface area contributed by atoms with Gasteiger partial charge in [0, 0.05) is 40.3 Å². The molecule has 0 saturated carbocycles. The van der Waals surface area contributed by atoms with Crippen LogP contribution in [0.25, 0.3) is 5.82 Å². The van der Waals surface area contributed by atoms with E-state index < -0.39 is 0 Å². The van der Waals surface area contributed by atoms with Crippen molar-refractivity contribution in [2.45, 2.75) is 4.90 Å². The highest BCUT2D eigenvalue weighted by molar-refractivity contribution is 7.98. The van der Waals surface area contributed by atoms with Crippen molar-refractivity contribution in [2.24, 2.45) is 0 Å². The van der Waals surface area contributed by atoms with E-state index in [1.165, 1.54) is 6.33 Å². The second-order valence-corrected chi connectivity index (χ2v) is 6.98. The standard InChI is InChI=1S/C21H18N6OS/c1-29-18-9-3-15(4-10-18)21(28)26-17-7-5-16(6-8-17)25-19-13-20(23-14-22-19)27-12-2-11-24-27/h2-14H,1H3,(H,26,28)(H,22,23,25). The summed E-state index contributed by atoms with van der Waals surface area (Å²) in [4.78, 5) is 21.9. The van der Waals surface area contributed by atoms with Crippen molar-refractivity contribution >= 4 is 34.9 Å². The maximum atomic E-state index is 12.4. The highest BCUT2D eigenvalue weighted by atomic mass is 32.2. The average Bonchev–Trinajstić information content (AvgIpc) is 3.30. The lowest BCUT2D eigenvalue weighted by atomic mass is 10.2. The summed E-state index contributed by atoms with van der Waals surface area (Å²) < 4.78 is 1.66. The van der Waals surface area contributed by atoms with Crippen LogP contribution in [0.15, 0.2) is 84.3 Å². The molecule has 0 spiro atoms. The predicted octanol–water partition coefficient (Wildman–Crippen LogP) is 4.38. The molecular formula is C21H18N6OS. The summed E-state index contributed by atoms with van der Waals surface area (Å²) >= 11 is 1.64. The first-order valence-corrected chi connectivity index (χ1v) is 10.1. The first-order chi connectivity index (χ1) is 14.2. The number of benzene rings is 2. The third-order valence-corrected chi connectivity index (χ3v) is 4.90. The summed E-state index contributed by atoms with van der Waals surface area (Å²) in [5.41, 5.74) is 2.18. The predicted molar refractivity (Wildman–Crippen MR) is 115 cm³/mol. The lowest BCUT2D eigenvalue weighted by molar-refractivity contribution is 0.102. The molecule has 0 saturated heterocycles. The number of anilines is 3. The molecule has 4 aromatic rings. The highest BCUT2D eigenvalue weighted by Gasteiger charge is 2.07. The quantitative estimate of drug-likeness (QED) is 0.466. The van der Waals surface area contributed by atoms with Crippen molar-refractivity contribution in [1.82, 2.24) is 19.7 Å². The molecule has 2 aromatic carbocycles. The van der Waals surface area contributed by atoms with Gasteiger partial charge in [0.15, 0.2) is 5.82 Å². The minimum Gasteiger partial charge on any atom is -0.340 e. The van der Waals surface area contributed by atoms with Gasteiger partial charge in [-0.3, -0.25) is 4.79 Å². The van der Waals surface area contributed by atoms with Crippen molar-refractivity contribution in [3.63, 3.8) is 0 Å². The van der Waals surface area contributed by atoms with Gasteiger partial charge in [0.25, 0.3) is 5.91 Å². The zero-order valence-corrected chi connectivity index (χ0v) is 16.4. The van der Waals surface area contributed by atoms with Crippen LogP contribution in [0, 0.1) is 0 Å². The van der Waals surface area contributed by atoms with E-state index in [0.29, 0.717) is 17.2 Å². The molecule has 0 atom stereocenters. The van der Waals surface area contributed by atoms with Crippen LogP contribution in [0.1, 0.15) is 10.4 Å². The Morgan fingerprint density at radius 1 is 1.00 bits per heavy atom. The first-order valence-electron chi connectivity index (χ1n) is 8.86. The molecule has 0 aliphatic carbocycles. The van der Waals surface area contributed by atoms with E-state index in [-0.39, 0.29) is 5.91 Å². The zero-order chi connectivity index (χ0) is 20.1.